The van der Waals surface area contributed by atoms with E-state index in [-0.39, 0.29) is 11.9 Å². The van der Waals surface area contributed by atoms with E-state index in [4.69, 9.17) is 0 Å². The zero-order chi connectivity index (χ0) is 20.2. The quantitative estimate of drug-likeness (QED) is 0.776. The van der Waals surface area contributed by atoms with Gasteiger partial charge in [0.05, 0.1) is 4.90 Å². The number of benzene rings is 1. The lowest BCUT2D eigenvalue weighted by Crippen LogP contribution is -2.35. The van der Waals surface area contributed by atoms with Crippen LogP contribution >= 0.6 is 0 Å². The first-order valence-corrected chi connectivity index (χ1v) is 12.3. The fourth-order valence-corrected chi connectivity index (χ4v) is 4.97. The van der Waals surface area contributed by atoms with Crippen LogP contribution in [0.4, 0.5) is 0 Å². The molecule has 0 aliphatic carbocycles. The summed E-state index contributed by atoms with van der Waals surface area (Å²) in [6.07, 6.45) is 12.1. The molecule has 28 heavy (non-hydrogen) atoms. The van der Waals surface area contributed by atoms with Gasteiger partial charge in [0.15, 0.2) is 0 Å². The largest absolute Gasteiger partial charge is 0.356 e. The van der Waals surface area contributed by atoms with E-state index in [1.807, 2.05) is 19.1 Å². The Kier molecular flexibility index (Phi) is 9.99. The van der Waals surface area contributed by atoms with Crippen molar-refractivity contribution in [3.63, 3.8) is 0 Å². The Bertz CT molecular complexity index is 686. The van der Waals surface area contributed by atoms with E-state index in [0.29, 0.717) is 17.9 Å². The number of hydrogen-bond donors (Lipinski definition) is 2. The first-order chi connectivity index (χ1) is 13.5. The van der Waals surface area contributed by atoms with Gasteiger partial charge in [-0.15, -0.1) is 0 Å². The minimum atomic E-state index is -3.51. The second kappa shape index (κ2) is 12.2. The fraction of sp³-hybridized carbons (Fsp3) is 0.682. The highest BCUT2D eigenvalue weighted by Gasteiger charge is 2.19. The number of amides is 1. The maximum absolute atomic E-state index is 12.7. The van der Waals surface area contributed by atoms with E-state index in [9.17, 15) is 13.2 Å². The summed E-state index contributed by atoms with van der Waals surface area (Å²) in [7, 11) is -3.51. The summed E-state index contributed by atoms with van der Waals surface area (Å²) < 4.78 is 28.4. The third-order valence-electron chi connectivity index (χ3n) is 5.41. The zero-order valence-electron chi connectivity index (χ0n) is 17.2. The van der Waals surface area contributed by atoms with Crippen molar-refractivity contribution in [2.45, 2.75) is 94.9 Å². The number of carbonyl (C=O) groups excluding carboxylic acids is 1. The molecule has 0 aromatic heterocycles. The van der Waals surface area contributed by atoms with E-state index in [0.717, 1.165) is 50.5 Å². The fourth-order valence-electron chi connectivity index (χ4n) is 3.67. The van der Waals surface area contributed by atoms with Gasteiger partial charge in [-0.25, -0.2) is 13.1 Å². The number of rotatable bonds is 3. The smallest absolute Gasteiger partial charge is 0.240 e. The van der Waals surface area contributed by atoms with Crippen LogP contribution in [-0.2, 0) is 14.8 Å². The molecule has 1 atom stereocenters. The molecule has 1 heterocycles. The number of hydrogen-bond acceptors (Lipinski definition) is 3. The van der Waals surface area contributed by atoms with Gasteiger partial charge in [0, 0.05) is 19.0 Å². The Morgan fingerprint density at radius 1 is 0.857 bits per heavy atom. The van der Waals surface area contributed by atoms with Gasteiger partial charge in [-0.3, -0.25) is 4.79 Å². The third kappa shape index (κ3) is 8.74. The van der Waals surface area contributed by atoms with Crippen LogP contribution in [0.2, 0.25) is 0 Å². The molecule has 1 unspecified atom stereocenters. The molecule has 0 radical (unpaired) electrons. The van der Waals surface area contributed by atoms with Crippen LogP contribution in [0.5, 0.6) is 0 Å². The lowest BCUT2D eigenvalue weighted by Gasteiger charge is -2.19. The average molecular weight is 409 g/mol. The van der Waals surface area contributed by atoms with Crippen LogP contribution in [0.3, 0.4) is 0 Å². The molecular formula is C22H36N2O3S. The molecule has 1 fully saturated rings. The van der Waals surface area contributed by atoms with Gasteiger partial charge in [0.1, 0.15) is 0 Å². The van der Waals surface area contributed by atoms with Gasteiger partial charge >= 0.3 is 0 Å². The molecule has 0 spiro atoms. The van der Waals surface area contributed by atoms with Gasteiger partial charge in [-0.1, -0.05) is 62.6 Å². The Hall–Kier alpha value is -1.40. The van der Waals surface area contributed by atoms with Crippen molar-refractivity contribution in [1.82, 2.24) is 10.0 Å². The molecule has 2 N–H and O–H groups in total. The van der Waals surface area contributed by atoms with E-state index >= 15 is 0 Å². The van der Waals surface area contributed by atoms with Crippen LogP contribution in [0, 0.1) is 6.92 Å². The molecular weight excluding hydrogens is 372 g/mol. The average Bonchev–Trinajstić information content (AvgIpc) is 2.65. The van der Waals surface area contributed by atoms with Crippen LogP contribution in [0.15, 0.2) is 29.2 Å². The number of aryl methyl sites for hydroxylation is 1. The summed E-state index contributed by atoms with van der Waals surface area (Å²) in [6, 6.07) is 6.88. The summed E-state index contributed by atoms with van der Waals surface area (Å²) in [6.45, 7) is 2.56. The molecule has 0 saturated carbocycles. The molecule has 1 aromatic rings. The highest BCUT2D eigenvalue weighted by Crippen LogP contribution is 2.17. The highest BCUT2D eigenvalue weighted by molar-refractivity contribution is 7.89. The SMILES string of the molecule is Cc1ccc(S(=O)(=O)NC2CCCCCCCCCCC(=O)NCCC2)cc1. The molecule has 6 heteroatoms. The topological polar surface area (TPSA) is 75.3 Å². The normalized spacial score (nSPS) is 21.8. The van der Waals surface area contributed by atoms with Crippen molar-refractivity contribution in [3.8, 4) is 0 Å². The Labute approximate surface area is 170 Å². The molecule has 1 amide bonds. The van der Waals surface area contributed by atoms with Crippen LogP contribution in [-0.4, -0.2) is 26.9 Å². The van der Waals surface area contributed by atoms with E-state index in [2.05, 4.69) is 10.0 Å². The van der Waals surface area contributed by atoms with Crippen LogP contribution in [0.1, 0.15) is 82.6 Å². The molecule has 1 aromatic carbocycles. The Morgan fingerprint density at radius 2 is 1.43 bits per heavy atom. The minimum Gasteiger partial charge on any atom is -0.356 e. The van der Waals surface area contributed by atoms with Gasteiger partial charge in [0.25, 0.3) is 0 Å². The van der Waals surface area contributed by atoms with Gasteiger partial charge < -0.3 is 5.32 Å². The molecule has 1 aliphatic rings. The summed E-state index contributed by atoms with van der Waals surface area (Å²) in [5.74, 6) is 0.115. The van der Waals surface area contributed by atoms with Crippen molar-refractivity contribution >= 4 is 15.9 Å². The van der Waals surface area contributed by atoms with Gasteiger partial charge in [-0.05, 0) is 44.7 Å². The number of carbonyl (C=O) groups is 1. The lowest BCUT2D eigenvalue weighted by molar-refractivity contribution is -0.121. The summed E-state index contributed by atoms with van der Waals surface area (Å²) in [5.41, 5.74) is 1.04. The number of sulfonamides is 1. The van der Waals surface area contributed by atoms with Crippen molar-refractivity contribution in [3.05, 3.63) is 29.8 Å². The van der Waals surface area contributed by atoms with Gasteiger partial charge in [-0.2, -0.15) is 0 Å². The number of nitrogens with one attached hydrogen (secondary N) is 2. The van der Waals surface area contributed by atoms with Crippen molar-refractivity contribution < 1.29 is 13.2 Å². The third-order valence-corrected chi connectivity index (χ3v) is 6.95. The second-order valence-electron chi connectivity index (χ2n) is 7.99. The summed E-state index contributed by atoms with van der Waals surface area (Å²) in [4.78, 5) is 12.2. The summed E-state index contributed by atoms with van der Waals surface area (Å²) in [5, 5.41) is 2.97. The Morgan fingerprint density at radius 3 is 2.11 bits per heavy atom. The van der Waals surface area contributed by atoms with E-state index < -0.39 is 10.0 Å². The molecule has 158 valence electrons. The van der Waals surface area contributed by atoms with Crippen LogP contribution in [0.25, 0.3) is 0 Å². The summed E-state index contributed by atoms with van der Waals surface area (Å²) >= 11 is 0. The van der Waals surface area contributed by atoms with Crippen molar-refractivity contribution in [2.75, 3.05) is 6.54 Å². The molecule has 1 saturated heterocycles. The first-order valence-electron chi connectivity index (χ1n) is 10.8. The predicted molar refractivity (Wildman–Crippen MR) is 114 cm³/mol. The zero-order valence-corrected chi connectivity index (χ0v) is 18.0. The molecule has 0 bridgehead atoms. The lowest BCUT2D eigenvalue weighted by atomic mass is 10.0. The highest BCUT2D eigenvalue weighted by atomic mass is 32.2. The van der Waals surface area contributed by atoms with E-state index in [1.165, 1.54) is 25.7 Å². The van der Waals surface area contributed by atoms with E-state index in [1.54, 1.807) is 12.1 Å². The maximum Gasteiger partial charge on any atom is 0.240 e. The maximum atomic E-state index is 12.7. The molecule has 5 nitrogen and oxygen atoms in total. The molecule has 1 aliphatic heterocycles. The van der Waals surface area contributed by atoms with Crippen molar-refractivity contribution in [1.29, 1.82) is 0 Å². The van der Waals surface area contributed by atoms with Crippen molar-refractivity contribution in [2.24, 2.45) is 0 Å². The first kappa shape index (κ1) is 22.9. The van der Waals surface area contributed by atoms with Gasteiger partial charge in [0.2, 0.25) is 15.9 Å². The predicted octanol–water partition coefficient (Wildman–Crippen LogP) is 4.45. The second-order valence-corrected chi connectivity index (χ2v) is 9.70. The molecule has 2 rings (SSSR count). The minimum absolute atomic E-state index is 0.0869. The monoisotopic (exact) mass is 408 g/mol. The Balaban J connectivity index is 1.94. The standard InChI is InChI=1S/C22H36N2O3S/c1-19-14-16-21(17-15-19)28(26,27)24-20-11-8-6-4-2-3-5-7-9-13-22(25)23-18-10-12-20/h14-17,20,24H,2-13,18H2,1H3,(H,23,25). The van der Waals surface area contributed by atoms with Crippen LogP contribution < -0.4 is 10.0 Å².